The van der Waals surface area contributed by atoms with Gasteiger partial charge in [0.05, 0.1) is 16.1 Å². The van der Waals surface area contributed by atoms with E-state index in [-0.39, 0.29) is 6.04 Å². The second kappa shape index (κ2) is 5.72. The van der Waals surface area contributed by atoms with Crippen molar-refractivity contribution in [2.24, 2.45) is 5.84 Å². The first-order valence-corrected chi connectivity index (χ1v) is 6.35. The van der Waals surface area contributed by atoms with Crippen molar-refractivity contribution in [2.45, 2.75) is 13.0 Å². The van der Waals surface area contributed by atoms with E-state index >= 15 is 0 Å². The average Bonchev–Trinajstić information content (AvgIpc) is 2.37. The third-order valence-electron chi connectivity index (χ3n) is 2.85. The zero-order valence-corrected chi connectivity index (χ0v) is 11.5. The van der Waals surface area contributed by atoms with Gasteiger partial charge in [-0.2, -0.15) is 0 Å². The van der Waals surface area contributed by atoms with Crippen LogP contribution in [0.15, 0.2) is 42.5 Å². The van der Waals surface area contributed by atoms with Crippen LogP contribution in [-0.4, -0.2) is 0 Å². The quantitative estimate of drug-likeness (QED) is 0.662. The highest BCUT2D eigenvalue weighted by molar-refractivity contribution is 6.42. The van der Waals surface area contributed by atoms with Crippen molar-refractivity contribution in [3.8, 4) is 0 Å². The zero-order chi connectivity index (χ0) is 13.1. The summed E-state index contributed by atoms with van der Waals surface area (Å²) in [6.07, 6.45) is 0. The number of hydrazine groups is 1. The molecule has 1 unspecified atom stereocenters. The van der Waals surface area contributed by atoms with Crippen LogP contribution in [0.4, 0.5) is 0 Å². The fraction of sp³-hybridized carbons (Fsp3) is 0.143. The molecular weight excluding hydrogens is 267 g/mol. The maximum absolute atomic E-state index is 6.03. The van der Waals surface area contributed by atoms with Crippen molar-refractivity contribution in [1.82, 2.24) is 5.43 Å². The van der Waals surface area contributed by atoms with E-state index in [1.165, 1.54) is 5.56 Å². The second-order valence-electron chi connectivity index (χ2n) is 4.18. The third-order valence-corrected chi connectivity index (χ3v) is 3.59. The van der Waals surface area contributed by atoms with Crippen molar-refractivity contribution < 1.29 is 0 Å². The predicted octanol–water partition coefficient (Wildman–Crippen LogP) is 3.85. The van der Waals surface area contributed by atoms with Crippen LogP contribution in [0.5, 0.6) is 0 Å². The topological polar surface area (TPSA) is 38.0 Å². The number of hydrogen-bond donors (Lipinski definition) is 2. The fourth-order valence-corrected chi connectivity index (χ4v) is 2.14. The van der Waals surface area contributed by atoms with E-state index in [2.05, 4.69) is 17.6 Å². The molecule has 0 saturated carbocycles. The van der Waals surface area contributed by atoms with Crippen LogP contribution in [0.25, 0.3) is 0 Å². The minimum Gasteiger partial charge on any atom is -0.271 e. The number of halogens is 2. The molecule has 0 amide bonds. The Labute approximate surface area is 117 Å². The molecule has 0 aliphatic heterocycles. The van der Waals surface area contributed by atoms with E-state index < -0.39 is 0 Å². The molecule has 0 aromatic heterocycles. The van der Waals surface area contributed by atoms with Crippen LogP contribution in [0.2, 0.25) is 10.0 Å². The molecule has 2 nitrogen and oxygen atoms in total. The molecule has 94 valence electrons. The normalized spacial score (nSPS) is 12.4. The zero-order valence-electron chi connectivity index (χ0n) is 9.95. The van der Waals surface area contributed by atoms with E-state index in [9.17, 15) is 0 Å². The van der Waals surface area contributed by atoms with Gasteiger partial charge in [-0.05, 0) is 30.2 Å². The smallest absolute Gasteiger partial charge is 0.0710 e. The van der Waals surface area contributed by atoms with Gasteiger partial charge in [0, 0.05) is 0 Å². The largest absolute Gasteiger partial charge is 0.271 e. The first-order chi connectivity index (χ1) is 8.61. The number of rotatable bonds is 3. The van der Waals surface area contributed by atoms with E-state index in [0.29, 0.717) is 10.0 Å². The highest BCUT2D eigenvalue weighted by atomic mass is 35.5. The first-order valence-electron chi connectivity index (χ1n) is 5.59. The number of nitrogens with two attached hydrogens (primary N) is 1. The molecular formula is C14H14Cl2N2. The summed E-state index contributed by atoms with van der Waals surface area (Å²) in [7, 11) is 0. The summed E-state index contributed by atoms with van der Waals surface area (Å²) in [6.45, 7) is 2.05. The van der Waals surface area contributed by atoms with Crippen molar-refractivity contribution >= 4 is 23.2 Å². The standard InChI is InChI=1S/C14H14Cl2N2/c1-9-2-4-10(5-3-9)14(18-17)11-6-7-12(15)13(16)8-11/h2-8,14,18H,17H2,1H3. The van der Waals surface area contributed by atoms with Crippen molar-refractivity contribution in [3.05, 3.63) is 69.2 Å². The SMILES string of the molecule is Cc1ccc(C(NN)c2ccc(Cl)c(Cl)c2)cc1. The van der Waals surface area contributed by atoms with E-state index in [1.54, 1.807) is 6.07 Å². The molecule has 2 aromatic carbocycles. The van der Waals surface area contributed by atoms with Gasteiger partial charge in [0.1, 0.15) is 0 Å². The summed E-state index contributed by atoms with van der Waals surface area (Å²) < 4.78 is 0. The number of benzene rings is 2. The second-order valence-corrected chi connectivity index (χ2v) is 5.00. The van der Waals surface area contributed by atoms with Crippen LogP contribution in [0.1, 0.15) is 22.7 Å². The Bertz CT molecular complexity index is 538. The van der Waals surface area contributed by atoms with Gasteiger partial charge in [-0.25, -0.2) is 5.43 Å². The number of nitrogens with one attached hydrogen (secondary N) is 1. The van der Waals surface area contributed by atoms with Gasteiger partial charge in [-0.1, -0.05) is 59.1 Å². The molecule has 0 fully saturated rings. The highest BCUT2D eigenvalue weighted by Gasteiger charge is 2.13. The van der Waals surface area contributed by atoms with Gasteiger partial charge in [-0.3, -0.25) is 5.84 Å². The van der Waals surface area contributed by atoms with Crippen LogP contribution < -0.4 is 11.3 Å². The fourth-order valence-electron chi connectivity index (χ4n) is 1.84. The molecule has 0 bridgehead atoms. The van der Waals surface area contributed by atoms with Crippen molar-refractivity contribution in [3.63, 3.8) is 0 Å². The number of hydrogen-bond acceptors (Lipinski definition) is 2. The highest BCUT2D eigenvalue weighted by Crippen LogP contribution is 2.28. The van der Waals surface area contributed by atoms with Crippen LogP contribution in [-0.2, 0) is 0 Å². The lowest BCUT2D eigenvalue weighted by molar-refractivity contribution is 0.637. The maximum Gasteiger partial charge on any atom is 0.0710 e. The molecule has 0 aliphatic rings. The van der Waals surface area contributed by atoms with Gasteiger partial charge >= 0.3 is 0 Å². The molecule has 4 heteroatoms. The van der Waals surface area contributed by atoms with Gasteiger partial charge in [0.15, 0.2) is 0 Å². The first kappa shape index (κ1) is 13.4. The van der Waals surface area contributed by atoms with Crippen molar-refractivity contribution in [2.75, 3.05) is 0 Å². The molecule has 1 atom stereocenters. The van der Waals surface area contributed by atoms with Gasteiger partial charge in [0.25, 0.3) is 0 Å². The Morgan fingerprint density at radius 2 is 1.56 bits per heavy atom. The number of aryl methyl sites for hydroxylation is 1. The van der Waals surface area contributed by atoms with Crippen LogP contribution in [0, 0.1) is 6.92 Å². The predicted molar refractivity (Wildman–Crippen MR) is 76.8 cm³/mol. The maximum atomic E-state index is 6.03. The van der Waals surface area contributed by atoms with E-state index in [0.717, 1.165) is 11.1 Å². The van der Waals surface area contributed by atoms with Gasteiger partial charge < -0.3 is 0 Å². The molecule has 0 aliphatic carbocycles. The monoisotopic (exact) mass is 280 g/mol. The molecule has 3 N–H and O–H groups in total. The molecule has 0 saturated heterocycles. The Morgan fingerprint density at radius 1 is 0.944 bits per heavy atom. The molecule has 18 heavy (non-hydrogen) atoms. The summed E-state index contributed by atoms with van der Waals surface area (Å²) in [6, 6.07) is 13.6. The van der Waals surface area contributed by atoms with Gasteiger partial charge in [-0.15, -0.1) is 0 Å². The summed E-state index contributed by atoms with van der Waals surface area (Å²) >= 11 is 11.9. The Kier molecular flexibility index (Phi) is 4.25. The molecule has 0 spiro atoms. The molecule has 0 heterocycles. The summed E-state index contributed by atoms with van der Waals surface area (Å²) in [5.41, 5.74) is 6.08. The summed E-state index contributed by atoms with van der Waals surface area (Å²) in [5, 5.41) is 1.07. The third kappa shape index (κ3) is 2.85. The average molecular weight is 281 g/mol. The lowest BCUT2D eigenvalue weighted by Crippen LogP contribution is -2.28. The van der Waals surface area contributed by atoms with Crippen LogP contribution in [0.3, 0.4) is 0 Å². The minimum atomic E-state index is -0.0969. The lowest BCUT2D eigenvalue weighted by Gasteiger charge is -2.17. The molecule has 0 radical (unpaired) electrons. The molecule has 2 aromatic rings. The Morgan fingerprint density at radius 3 is 2.11 bits per heavy atom. The summed E-state index contributed by atoms with van der Waals surface area (Å²) in [4.78, 5) is 0. The van der Waals surface area contributed by atoms with Crippen molar-refractivity contribution in [1.29, 1.82) is 0 Å². The molecule has 2 rings (SSSR count). The van der Waals surface area contributed by atoms with E-state index in [4.69, 9.17) is 29.0 Å². The Balaban J connectivity index is 2.38. The summed E-state index contributed by atoms with van der Waals surface area (Å²) in [5.74, 6) is 5.64. The van der Waals surface area contributed by atoms with E-state index in [1.807, 2.05) is 31.2 Å². The van der Waals surface area contributed by atoms with Gasteiger partial charge in [0.2, 0.25) is 0 Å². The lowest BCUT2D eigenvalue weighted by atomic mass is 9.98. The van der Waals surface area contributed by atoms with Crippen LogP contribution >= 0.6 is 23.2 Å². The Hall–Kier alpha value is -1.06. The minimum absolute atomic E-state index is 0.0969.